The summed E-state index contributed by atoms with van der Waals surface area (Å²) in [5.74, 6) is -0.567. The molecule has 0 aromatic heterocycles. The monoisotopic (exact) mass is 472 g/mol. The van der Waals surface area contributed by atoms with E-state index in [0.29, 0.717) is 33.8 Å². The highest BCUT2D eigenvalue weighted by molar-refractivity contribution is 5.89. The van der Waals surface area contributed by atoms with Crippen molar-refractivity contribution in [2.45, 2.75) is 6.36 Å². The van der Waals surface area contributed by atoms with E-state index in [1.807, 2.05) is 0 Å². The molecule has 0 saturated heterocycles. The first-order valence-corrected chi connectivity index (χ1v) is 9.81. The maximum atomic E-state index is 12.4. The molecule has 3 rings (SSSR count). The Balaban J connectivity index is 1.90. The molecule has 34 heavy (non-hydrogen) atoms. The van der Waals surface area contributed by atoms with E-state index in [9.17, 15) is 22.8 Å². The molecule has 0 aliphatic rings. The number of hydrogen-bond donors (Lipinski definition) is 0. The Kier molecular flexibility index (Phi) is 7.57. The summed E-state index contributed by atoms with van der Waals surface area (Å²) in [6.45, 7) is 0. The second kappa shape index (κ2) is 10.6. The molecule has 3 aromatic rings. The van der Waals surface area contributed by atoms with Crippen molar-refractivity contribution in [3.8, 4) is 28.4 Å². The zero-order valence-corrected chi connectivity index (χ0v) is 18.1. The summed E-state index contributed by atoms with van der Waals surface area (Å²) in [4.78, 5) is 23.2. The molecule has 0 saturated carbocycles. The summed E-state index contributed by atoms with van der Waals surface area (Å²) in [7, 11) is 2.53. The van der Waals surface area contributed by atoms with Gasteiger partial charge in [-0.1, -0.05) is 18.2 Å². The Labute approximate surface area is 193 Å². The van der Waals surface area contributed by atoms with Crippen molar-refractivity contribution in [3.05, 3.63) is 83.9 Å². The molecule has 0 unspecified atom stereocenters. The molecule has 0 N–H and O–H groups in total. The number of ether oxygens (including phenoxy) is 4. The van der Waals surface area contributed by atoms with Crippen LogP contribution in [-0.2, 0) is 14.3 Å². The molecule has 0 spiro atoms. The summed E-state index contributed by atoms with van der Waals surface area (Å²) in [6.07, 6.45) is -2.07. The molecule has 0 heterocycles. The maximum absolute atomic E-state index is 12.4. The number of esters is 2. The lowest BCUT2D eigenvalue weighted by molar-refractivity contribution is -0.274. The molecule has 6 nitrogen and oxygen atoms in total. The van der Waals surface area contributed by atoms with Crippen molar-refractivity contribution >= 4 is 18.0 Å². The quantitative estimate of drug-likeness (QED) is 0.310. The molecule has 9 heteroatoms. The first kappa shape index (κ1) is 24.4. The number of methoxy groups -OCH3 is 2. The van der Waals surface area contributed by atoms with Gasteiger partial charge in [0.1, 0.15) is 17.2 Å². The van der Waals surface area contributed by atoms with Crippen LogP contribution in [0.4, 0.5) is 13.2 Å². The van der Waals surface area contributed by atoms with Crippen molar-refractivity contribution in [1.82, 2.24) is 0 Å². The van der Waals surface area contributed by atoms with Gasteiger partial charge in [-0.25, -0.2) is 9.59 Å². The number of rotatable bonds is 7. The van der Waals surface area contributed by atoms with Crippen LogP contribution in [0.3, 0.4) is 0 Å². The molecule has 0 amide bonds. The zero-order chi connectivity index (χ0) is 24.7. The van der Waals surface area contributed by atoms with Gasteiger partial charge in [0, 0.05) is 11.6 Å². The molecule has 0 bridgehead atoms. The zero-order valence-electron chi connectivity index (χ0n) is 18.1. The lowest BCUT2D eigenvalue weighted by atomic mass is 10.0. The number of benzene rings is 3. The van der Waals surface area contributed by atoms with Crippen LogP contribution in [0.1, 0.15) is 15.9 Å². The predicted molar refractivity (Wildman–Crippen MR) is 117 cm³/mol. The van der Waals surface area contributed by atoms with Crippen LogP contribution in [0.25, 0.3) is 17.2 Å². The second-order valence-corrected chi connectivity index (χ2v) is 6.80. The molecule has 0 fully saturated rings. The maximum Gasteiger partial charge on any atom is 0.573 e. The van der Waals surface area contributed by atoms with E-state index in [1.54, 1.807) is 42.5 Å². The van der Waals surface area contributed by atoms with E-state index in [4.69, 9.17) is 4.74 Å². The highest BCUT2D eigenvalue weighted by atomic mass is 19.4. The number of halogens is 3. The fourth-order valence-corrected chi connectivity index (χ4v) is 2.93. The van der Waals surface area contributed by atoms with Gasteiger partial charge in [-0.15, -0.1) is 13.2 Å². The molecule has 176 valence electrons. The highest BCUT2D eigenvalue weighted by Crippen LogP contribution is 2.32. The average Bonchev–Trinajstić information content (AvgIpc) is 2.82. The molecule has 0 atom stereocenters. The minimum Gasteiger partial charge on any atom is -0.466 e. The fraction of sp³-hybridized carbons (Fsp3) is 0.120. The van der Waals surface area contributed by atoms with Crippen LogP contribution in [0.5, 0.6) is 17.2 Å². The van der Waals surface area contributed by atoms with E-state index in [2.05, 4.69) is 14.2 Å². The van der Waals surface area contributed by atoms with E-state index in [0.717, 1.165) is 0 Å². The third-order valence-corrected chi connectivity index (χ3v) is 4.53. The van der Waals surface area contributed by atoms with Crippen LogP contribution in [0.2, 0.25) is 0 Å². The van der Waals surface area contributed by atoms with Crippen molar-refractivity contribution < 1.29 is 41.7 Å². The van der Waals surface area contributed by atoms with E-state index in [1.165, 1.54) is 50.6 Å². The summed E-state index contributed by atoms with van der Waals surface area (Å²) in [5, 5.41) is 0. The largest absolute Gasteiger partial charge is 0.573 e. The topological polar surface area (TPSA) is 71.1 Å². The predicted octanol–water partition coefficient (Wildman–Crippen LogP) is 6.02. The van der Waals surface area contributed by atoms with Crippen LogP contribution in [0.15, 0.2) is 72.8 Å². The van der Waals surface area contributed by atoms with Gasteiger partial charge < -0.3 is 18.9 Å². The van der Waals surface area contributed by atoms with Crippen molar-refractivity contribution in [3.63, 3.8) is 0 Å². The van der Waals surface area contributed by atoms with Crippen LogP contribution >= 0.6 is 0 Å². The smallest absolute Gasteiger partial charge is 0.466 e. The lowest BCUT2D eigenvalue weighted by Crippen LogP contribution is -2.16. The fourth-order valence-electron chi connectivity index (χ4n) is 2.93. The SMILES string of the molecule is COC(=O)C=Cc1cc(-c2ccc(OC(F)(F)F)cc2)ccc1Oc1ccc(C(=O)OC)cc1. The van der Waals surface area contributed by atoms with Crippen LogP contribution < -0.4 is 9.47 Å². The Morgan fingerprint density at radius 2 is 1.41 bits per heavy atom. The van der Waals surface area contributed by atoms with Gasteiger partial charge >= 0.3 is 18.3 Å². The second-order valence-electron chi connectivity index (χ2n) is 6.80. The highest BCUT2D eigenvalue weighted by Gasteiger charge is 2.31. The third-order valence-electron chi connectivity index (χ3n) is 4.53. The molecule has 0 aliphatic carbocycles. The summed E-state index contributed by atoms with van der Waals surface area (Å²) in [6, 6.07) is 16.7. The third kappa shape index (κ3) is 6.61. The summed E-state index contributed by atoms with van der Waals surface area (Å²) < 4.78 is 56.3. The average molecular weight is 472 g/mol. The standard InChI is InChI=1S/C25H19F3O6/c1-31-23(29)14-8-19-15-18(16-3-11-21(12-4-16)34-25(26,27)28)7-13-22(19)33-20-9-5-17(6-10-20)24(30)32-2/h3-15H,1-2H3. The number of carbonyl (C=O) groups excluding carboxylic acids is 2. The van der Waals surface area contributed by atoms with E-state index >= 15 is 0 Å². The van der Waals surface area contributed by atoms with Crippen LogP contribution in [0, 0.1) is 0 Å². The molecular weight excluding hydrogens is 453 g/mol. The Morgan fingerprint density at radius 1 is 0.794 bits per heavy atom. The summed E-state index contributed by atoms with van der Waals surface area (Å²) in [5.41, 5.74) is 2.15. The van der Waals surface area contributed by atoms with E-state index < -0.39 is 18.3 Å². The first-order valence-electron chi connectivity index (χ1n) is 9.81. The van der Waals surface area contributed by atoms with Gasteiger partial charge in [0.2, 0.25) is 0 Å². The number of alkyl halides is 3. The minimum atomic E-state index is -4.78. The lowest BCUT2D eigenvalue weighted by Gasteiger charge is -2.12. The Morgan fingerprint density at radius 3 is 2.00 bits per heavy atom. The minimum absolute atomic E-state index is 0.336. The van der Waals surface area contributed by atoms with Gasteiger partial charge in [0.25, 0.3) is 0 Å². The number of carbonyl (C=O) groups is 2. The molecule has 3 aromatic carbocycles. The van der Waals surface area contributed by atoms with Gasteiger partial charge in [0.15, 0.2) is 0 Å². The van der Waals surface area contributed by atoms with Gasteiger partial charge in [-0.2, -0.15) is 0 Å². The molecule has 0 radical (unpaired) electrons. The normalized spacial score (nSPS) is 11.2. The van der Waals surface area contributed by atoms with E-state index in [-0.39, 0.29) is 5.75 Å². The Hall–Kier alpha value is -4.27. The van der Waals surface area contributed by atoms with Gasteiger partial charge in [-0.3, -0.25) is 0 Å². The van der Waals surface area contributed by atoms with Crippen LogP contribution in [-0.4, -0.2) is 32.5 Å². The van der Waals surface area contributed by atoms with Crippen molar-refractivity contribution in [2.75, 3.05) is 14.2 Å². The van der Waals surface area contributed by atoms with Gasteiger partial charge in [-0.05, 0) is 65.7 Å². The van der Waals surface area contributed by atoms with Crippen molar-refractivity contribution in [2.24, 2.45) is 0 Å². The summed E-state index contributed by atoms with van der Waals surface area (Å²) >= 11 is 0. The molecular formula is C25H19F3O6. The number of hydrogen-bond acceptors (Lipinski definition) is 6. The Bertz CT molecular complexity index is 1180. The molecule has 0 aliphatic heterocycles. The van der Waals surface area contributed by atoms with Gasteiger partial charge in [0.05, 0.1) is 19.8 Å². The first-order chi connectivity index (χ1) is 16.2. The van der Waals surface area contributed by atoms with Crippen molar-refractivity contribution in [1.29, 1.82) is 0 Å².